The summed E-state index contributed by atoms with van der Waals surface area (Å²) in [6.45, 7) is 4.25. The van der Waals surface area contributed by atoms with E-state index in [4.69, 9.17) is 0 Å². The molecule has 1 aliphatic heterocycles. The Labute approximate surface area is 155 Å². The SMILES string of the molecule is CCC/C=C(\C=C\CCCCC1=CCCC=C1)[C@H](O)N1CCCCC1. The standard InChI is InChI=1S/C23H37NO/c1-2-3-17-22(23(25)24-19-12-7-13-20-24)18-11-5-4-8-14-21-15-9-6-10-16-21/h9,11,15-18,23,25H,2-8,10,12-14,19-20H2,1H3/b18-11+,22-17+/t23-/m0/s1. The first-order valence-corrected chi connectivity index (χ1v) is 10.5. The lowest BCUT2D eigenvalue weighted by molar-refractivity contribution is 0.0219. The zero-order valence-corrected chi connectivity index (χ0v) is 16.1. The zero-order chi connectivity index (χ0) is 17.7. The van der Waals surface area contributed by atoms with Gasteiger partial charge in [-0.2, -0.15) is 0 Å². The van der Waals surface area contributed by atoms with Gasteiger partial charge in [-0.05, 0) is 63.4 Å². The highest BCUT2D eigenvalue weighted by Crippen LogP contribution is 2.19. The summed E-state index contributed by atoms with van der Waals surface area (Å²) in [6.07, 6.45) is 26.3. The van der Waals surface area contributed by atoms with E-state index in [1.54, 1.807) is 0 Å². The molecule has 0 aromatic rings. The third-order valence-corrected chi connectivity index (χ3v) is 5.17. The lowest BCUT2D eigenvalue weighted by atomic mass is 10.0. The van der Waals surface area contributed by atoms with E-state index in [0.29, 0.717) is 0 Å². The van der Waals surface area contributed by atoms with Crippen LogP contribution in [0.5, 0.6) is 0 Å². The first-order valence-electron chi connectivity index (χ1n) is 10.5. The van der Waals surface area contributed by atoms with Gasteiger partial charge in [-0.1, -0.05) is 61.8 Å². The Bertz CT molecular complexity index is 480. The highest BCUT2D eigenvalue weighted by molar-refractivity contribution is 5.23. The molecule has 0 aromatic heterocycles. The number of rotatable bonds is 10. The number of likely N-dealkylation sites (tertiary alicyclic amines) is 1. The summed E-state index contributed by atoms with van der Waals surface area (Å²) >= 11 is 0. The Kier molecular flexibility index (Phi) is 9.91. The van der Waals surface area contributed by atoms with Gasteiger partial charge in [0, 0.05) is 13.1 Å². The molecule has 2 aliphatic rings. The molecule has 0 amide bonds. The number of piperidine rings is 1. The van der Waals surface area contributed by atoms with E-state index < -0.39 is 6.23 Å². The molecule has 0 aromatic carbocycles. The van der Waals surface area contributed by atoms with E-state index in [9.17, 15) is 5.11 Å². The zero-order valence-electron chi connectivity index (χ0n) is 16.1. The largest absolute Gasteiger partial charge is 0.374 e. The Morgan fingerprint density at radius 1 is 1.16 bits per heavy atom. The molecule has 1 aliphatic carbocycles. The Morgan fingerprint density at radius 3 is 2.72 bits per heavy atom. The van der Waals surface area contributed by atoms with Crippen molar-refractivity contribution in [1.82, 2.24) is 4.90 Å². The first kappa shape index (κ1) is 20.2. The predicted molar refractivity (Wildman–Crippen MR) is 108 cm³/mol. The van der Waals surface area contributed by atoms with Crippen LogP contribution >= 0.6 is 0 Å². The molecule has 1 atom stereocenters. The van der Waals surface area contributed by atoms with Crippen LogP contribution in [0.1, 0.15) is 77.6 Å². The highest BCUT2D eigenvalue weighted by atomic mass is 16.3. The second-order valence-corrected chi connectivity index (χ2v) is 7.37. The van der Waals surface area contributed by atoms with Crippen molar-refractivity contribution in [3.8, 4) is 0 Å². The highest BCUT2D eigenvalue weighted by Gasteiger charge is 2.20. The summed E-state index contributed by atoms with van der Waals surface area (Å²) in [5.74, 6) is 0. The van der Waals surface area contributed by atoms with Crippen LogP contribution < -0.4 is 0 Å². The van der Waals surface area contributed by atoms with Gasteiger partial charge < -0.3 is 5.11 Å². The molecule has 2 rings (SSSR count). The van der Waals surface area contributed by atoms with Crippen molar-refractivity contribution in [2.24, 2.45) is 0 Å². The smallest absolute Gasteiger partial charge is 0.133 e. The number of hydrogen-bond acceptors (Lipinski definition) is 2. The fourth-order valence-electron chi connectivity index (χ4n) is 3.61. The van der Waals surface area contributed by atoms with E-state index in [1.165, 1.54) is 56.9 Å². The van der Waals surface area contributed by atoms with Gasteiger partial charge in [-0.25, -0.2) is 0 Å². The third kappa shape index (κ3) is 7.75. The summed E-state index contributed by atoms with van der Waals surface area (Å²) in [4.78, 5) is 2.23. The van der Waals surface area contributed by atoms with E-state index in [1.807, 2.05) is 0 Å². The van der Waals surface area contributed by atoms with Crippen LogP contribution in [0, 0.1) is 0 Å². The van der Waals surface area contributed by atoms with Gasteiger partial charge in [0.2, 0.25) is 0 Å². The predicted octanol–water partition coefficient (Wildman–Crippen LogP) is 5.91. The van der Waals surface area contributed by atoms with Crippen molar-refractivity contribution >= 4 is 0 Å². The van der Waals surface area contributed by atoms with E-state index in [2.05, 4.69) is 48.3 Å². The average Bonchev–Trinajstić information content (AvgIpc) is 2.68. The number of aliphatic hydroxyl groups is 1. The monoisotopic (exact) mass is 343 g/mol. The van der Waals surface area contributed by atoms with Gasteiger partial charge in [0.1, 0.15) is 6.23 Å². The minimum absolute atomic E-state index is 0.416. The molecule has 0 saturated carbocycles. The lowest BCUT2D eigenvalue weighted by Crippen LogP contribution is -2.40. The quantitative estimate of drug-likeness (QED) is 0.394. The van der Waals surface area contributed by atoms with Crippen LogP contribution in [0.2, 0.25) is 0 Å². The van der Waals surface area contributed by atoms with Crippen LogP contribution in [-0.2, 0) is 0 Å². The van der Waals surface area contributed by atoms with E-state index in [-0.39, 0.29) is 0 Å². The maximum atomic E-state index is 10.7. The number of unbranched alkanes of at least 4 members (excludes halogenated alkanes) is 3. The number of nitrogens with zero attached hydrogens (tertiary/aromatic N) is 1. The molecule has 0 spiro atoms. The third-order valence-electron chi connectivity index (χ3n) is 5.17. The molecule has 1 heterocycles. The number of allylic oxidation sites excluding steroid dienone is 6. The molecule has 1 N–H and O–H groups in total. The molecule has 2 heteroatoms. The first-order chi connectivity index (χ1) is 12.3. The van der Waals surface area contributed by atoms with Gasteiger partial charge >= 0.3 is 0 Å². The minimum atomic E-state index is -0.416. The van der Waals surface area contributed by atoms with Crippen molar-refractivity contribution in [3.63, 3.8) is 0 Å². The lowest BCUT2D eigenvalue weighted by Gasteiger charge is -2.31. The minimum Gasteiger partial charge on any atom is -0.374 e. The molecule has 0 bridgehead atoms. The molecule has 25 heavy (non-hydrogen) atoms. The van der Waals surface area contributed by atoms with Crippen LogP contribution in [-0.4, -0.2) is 29.3 Å². The topological polar surface area (TPSA) is 23.5 Å². The molecule has 140 valence electrons. The Morgan fingerprint density at radius 2 is 2.00 bits per heavy atom. The summed E-state index contributed by atoms with van der Waals surface area (Å²) in [5, 5.41) is 10.7. The summed E-state index contributed by atoms with van der Waals surface area (Å²) < 4.78 is 0. The fraction of sp³-hybridized carbons (Fsp3) is 0.652. The second-order valence-electron chi connectivity index (χ2n) is 7.37. The van der Waals surface area contributed by atoms with Crippen molar-refractivity contribution in [2.75, 3.05) is 13.1 Å². The molecule has 1 saturated heterocycles. The van der Waals surface area contributed by atoms with E-state index >= 15 is 0 Å². The molecule has 0 radical (unpaired) electrons. The molecule has 0 unspecified atom stereocenters. The van der Waals surface area contributed by atoms with Gasteiger partial charge in [0.25, 0.3) is 0 Å². The maximum absolute atomic E-state index is 10.7. The molecule has 2 nitrogen and oxygen atoms in total. The second kappa shape index (κ2) is 12.3. The van der Waals surface area contributed by atoms with Crippen molar-refractivity contribution < 1.29 is 5.11 Å². The van der Waals surface area contributed by atoms with E-state index in [0.717, 1.165) is 37.9 Å². The normalized spacial score (nSPS) is 20.9. The fourth-order valence-corrected chi connectivity index (χ4v) is 3.61. The Balaban J connectivity index is 1.74. The van der Waals surface area contributed by atoms with Crippen LogP contribution in [0.3, 0.4) is 0 Å². The van der Waals surface area contributed by atoms with Crippen LogP contribution in [0.25, 0.3) is 0 Å². The summed E-state index contributed by atoms with van der Waals surface area (Å²) in [7, 11) is 0. The number of aliphatic hydroxyl groups excluding tert-OH is 1. The van der Waals surface area contributed by atoms with Crippen LogP contribution in [0.15, 0.2) is 47.6 Å². The summed E-state index contributed by atoms with van der Waals surface area (Å²) in [5.41, 5.74) is 2.61. The summed E-state index contributed by atoms with van der Waals surface area (Å²) in [6, 6.07) is 0. The van der Waals surface area contributed by atoms with Crippen molar-refractivity contribution in [1.29, 1.82) is 0 Å². The molecular formula is C23H37NO. The van der Waals surface area contributed by atoms with Crippen molar-refractivity contribution in [2.45, 2.75) is 83.8 Å². The van der Waals surface area contributed by atoms with Gasteiger partial charge in [-0.15, -0.1) is 0 Å². The van der Waals surface area contributed by atoms with Gasteiger partial charge in [0.15, 0.2) is 0 Å². The maximum Gasteiger partial charge on any atom is 0.133 e. The average molecular weight is 344 g/mol. The van der Waals surface area contributed by atoms with Crippen LogP contribution in [0.4, 0.5) is 0 Å². The molecular weight excluding hydrogens is 306 g/mol. The van der Waals surface area contributed by atoms with Gasteiger partial charge in [-0.3, -0.25) is 4.90 Å². The van der Waals surface area contributed by atoms with Crippen molar-refractivity contribution in [3.05, 3.63) is 47.6 Å². The van der Waals surface area contributed by atoms with Gasteiger partial charge in [0.05, 0.1) is 0 Å². The Hall–Kier alpha value is -1.12. The number of hydrogen-bond donors (Lipinski definition) is 1. The molecule has 1 fully saturated rings.